The van der Waals surface area contributed by atoms with Crippen LogP contribution in [0.1, 0.15) is 44.4 Å². The van der Waals surface area contributed by atoms with Crippen molar-refractivity contribution in [2.75, 3.05) is 19.7 Å². The minimum atomic E-state index is 0.0533. The van der Waals surface area contributed by atoms with Crippen molar-refractivity contribution >= 4 is 17.4 Å². The molecular formula is C26H33NOS. The number of hydrogen-bond donors (Lipinski definition) is 0. The molecule has 1 aromatic carbocycles. The quantitative estimate of drug-likeness (QED) is 0.333. The monoisotopic (exact) mass is 407 g/mol. The fraction of sp³-hybridized carbons (Fsp3) is 0.385. The van der Waals surface area contributed by atoms with Crippen LogP contribution >= 0.6 is 11.3 Å². The molecule has 0 saturated heterocycles. The Kier molecular flexibility index (Phi) is 9.94. The SMILES string of the molecule is CCN(C/C=C/C#CC(C)(C)C)Cc1cccc(/C=C/COCc2ccsc2)c1. The zero-order valence-electron chi connectivity index (χ0n) is 18.2. The molecule has 0 bridgehead atoms. The van der Waals surface area contributed by atoms with Crippen LogP contribution in [-0.4, -0.2) is 24.6 Å². The van der Waals surface area contributed by atoms with Crippen molar-refractivity contribution in [3.63, 3.8) is 0 Å². The zero-order chi connectivity index (χ0) is 21.0. The molecule has 0 aliphatic carbocycles. The molecule has 0 spiro atoms. The van der Waals surface area contributed by atoms with E-state index in [1.807, 2.05) is 6.08 Å². The van der Waals surface area contributed by atoms with Crippen molar-refractivity contribution in [1.29, 1.82) is 0 Å². The molecule has 1 heterocycles. The summed E-state index contributed by atoms with van der Waals surface area (Å²) in [4.78, 5) is 2.40. The van der Waals surface area contributed by atoms with Crippen LogP contribution in [0.3, 0.4) is 0 Å². The van der Waals surface area contributed by atoms with Gasteiger partial charge in [0.2, 0.25) is 0 Å². The van der Waals surface area contributed by atoms with Crippen LogP contribution in [0.4, 0.5) is 0 Å². The summed E-state index contributed by atoms with van der Waals surface area (Å²) in [6.07, 6.45) is 8.34. The van der Waals surface area contributed by atoms with Crippen molar-refractivity contribution in [3.05, 3.63) is 76.0 Å². The van der Waals surface area contributed by atoms with E-state index in [1.165, 1.54) is 16.7 Å². The van der Waals surface area contributed by atoms with Gasteiger partial charge in [-0.05, 0) is 66.9 Å². The highest BCUT2D eigenvalue weighted by molar-refractivity contribution is 7.07. The molecule has 2 rings (SSSR count). The first-order chi connectivity index (χ1) is 14.0. The van der Waals surface area contributed by atoms with Gasteiger partial charge in [-0.3, -0.25) is 4.90 Å². The molecule has 0 atom stereocenters. The van der Waals surface area contributed by atoms with E-state index in [1.54, 1.807) is 11.3 Å². The minimum absolute atomic E-state index is 0.0533. The normalized spacial score (nSPS) is 12.0. The maximum Gasteiger partial charge on any atom is 0.0729 e. The van der Waals surface area contributed by atoms with Gasteiger partial charge in [-0.15, -0.1) is 0 Å². The van der Waals surface area contributed by atoms with Gasteiger partial charge in [0.05, 0.1) is 13.2 Å². The summed E-state index contributed by atoms with van der Waals surface area (Å²) in [6.45, 7) is 12.7. The van der Waals surface area contributed by atoms with Crippen molar-refractivity contribution in [2.45, 2.75) is 40.8 Å². The summed E-state index contributed by atoms with van der Waals surface area (Å²) in [5.74, 6) is 6.38. The van der Waals surface area contributed by atoms with E-state index >= 15 is 0 Å². The van der Waals surface area contributed by atoms with Crippen molar-refractivity contribution < 1.29 is 4.74 Å². The highest BCUT2D eigenvalue weighted by Crippen LogP contribution is 2.11. The summed E-state index contributed by atoms with van der Waals surface area (Å²) in [5.41, 5.74) is 3.83. The van der Waals surface area contributed by atoms with Crippen molar-refractivity contribution in [2.24, 2.45) is 5.41 Å². The maximum atomic E-state index is 5.69. The van der Waals surface area contributed by atoms with E-state index in [0.717, 1.165) is 19.6 Å². The van der Waals surface area contributed by atoms with E-state index in [0.29, 0.717) is 13.2 Å². The number of benzene rings is 1. The molecule has 2 nitrogen and oxygen atoms in total. The Morgan fingerprint density at radius 2 is 2.00 bits per heavy atom. The molecular weight excluding hydrogens is 374 g/mol. The summed E-state index contributed by atoms with van der Waals surface area (Å²) in [5, 5.41) is 4.20. The van der Waals surface area contributed by atoms with Crippen LogP contribution in [0.25, 0.3) is 6.08 Å². The molecule has 0 fully saturated rings. The van der Waals surface area contributed by atoms with Crippen LogP contribution in [-0.2, 0) is 17.9 Å². The molecule has 0 aliphatic heterocycles. The van der Waals surface area contributed by atoms with Gasteiger partial charge in [-0.1, -0.05) is 61.3 Å². The lowest BCUT2D eigenvalue weighted by molar-refractivity contribution is 0.149. The predicted octanol–water partition coefficient (Wildman–Crippen LogP) is 6.41. The number of rotatable bonds is 10. The molecule has 0 amide bonds. The average molecular weight is 408 g/mol. The number of allylic oxidation sites excluding steroid dienone is 1. The third-order valence-corrected chi connectivity index (χ3v) is 4.92. The third kappa shape index (κ3) is 10.3. The maximum absolute atomic E-state index is 5.69. The van der Waals surface area contributed by atoms with Crippen molar-refractivity contribution in [1.82, 2.24) is 4.90 Å². The van der Waals surface area contributed by atoms with Crippen molar-refractivity contribution in [3.8, 4) is 11.8 Å². The number of ether oxygens (including phenoxy) is 1. The smallest absolute Gasteiger partial charge is 0.0729 e. The molecule has 0 unspecified atom stereocenters. The third-order valence-electron chi connectivity index (χ3n) is 4.19. The Labute approximate surface area is 180 Å². The minimum Gasteiger partial charge on any atom is -0.373 e. The van der Waals surface area contributed by atoms with Gasteiger partial charge in [-0.25, -0.2) is 0 Å². The average Bonchev–Trinajstić information content (AvgIpc) is 3.19. The van der Waals surface area contributed by atoms with E-state index in [9.17, 15) is 0 Å². The fourth-order valence-corrected chi connectivity index (χ4v) is 3.33. The van der Waals surface area contributed by atoms with E-state index in [4.69, 9.17) is 4.74 Å². The fourth-order valence-electron chi connectivity index (χ4n) is 2.68. The molecule has 0 aliphatic rings. The second-order valence-corrected chi connectivity index (χ2v) is 8.82. The molecule has 0 saturated carbocycles. The lowest BCUT2D eigenvalue weighted by Crippen LogP contribution is -2.22. The number of nitrogens with zero attached hydrogens (tertiary/aromatic N) is 1. The number of thiophene rings is 1. The molecule has 0 radical (unpaired) electrons. The van der Waals surface area contributed by atoms with Gasteiger partial charge < -0.3 is 4.74 Å². The largest absolute Gasteiger partial charge is 0.373 e. The Morgan fingerprint density at radius 1 is 1.14 bits per heavy atom. The summed E-state index contributed by atoms with van der Waals surface area (Å²) < 4.78 is 5.69. The highest BCUT2D eigenvalue weighted by atomic mass is 32.1. The Morgan fingerprint density at radius 3 is 2.72 bits per heavy atom. The molecule has 29 heavy (non-hydrogen) atoms. The first kappa shape index (κ1) is 23.2. The molecule has 0 N–H and O–H groups in total. The molecule has 1 aromatic heterocycles. The predicted molar refractivity (Wildman–Crippen MR) is 127 cm³/mol. The molecule has 2 aromatic rings. The Balaban J connectivity index is 1.81. The topological polar surface area (TPSA) is 12.5 Å². The summed E-state index contributed by atoms with van der Waals surface area (Å²) in [6, 6.07) is 10.8. The first-order valence-corrected chi connectivity index (χ1v) is 11.1. The van der Waals surface area contributed by atoms with Crippen LogP contribution in [0.2, 0.25) is 0 Å². The number of likely N-dealkylation sites (N-methyl/N-ethyl adjacent to an activating group) is 1. The summed E-state index contributed by atoms with van der Waals surface area (Å²) in [7, 11) is 0. The van der Waals surface area contributed by atoms with E-state index in [-0.39, 0.29) is 5.41 Å². The lowest BCUT2D eigenvalue weighted by Gasteiger charge is -2.18. The van der Waals surface area contributed by atoms with E-state index < -0.39 is 0 Å². The second kappa shape index (κ2) is 12.4. The zero-order valence-corrected chi connectivity index (χ0v) is 19.0. The van der Waals surface area contributed by atoms with Crippen LogP contribution in [0.15, 0.2) is 59.3 Å². The van der Waals surface area contributed by atoms with Crippen LogP contribution < -0.4 is 0 Å². The van der Waals surface area contributed by atoms with Gasteiger partial charge in [0.1, 0.15) is 0 Å². The Bertz CT molecular complexity index is 832. The van der Waals surface area contributed by atoms with Gasteiger partial charge in [0.25, 0.3) is 0 Å². The van der Waals surface area contributed by atoms with E-state index in [2.05, 4.69) is 104 Å². The lowest BCUT2D eigenvalue weighted by atomic mass is 9.98. The first-order valence-electron chi connectivity index (χ1n) is 10.2. The standard InChI is InChI=1S/C26H33NOS/c1-5-27(16-8-6-7-15-26(2,3)4)20-24-12-9-11-23(19-24)13-10-17-28-21-25-14-18-29-22-25/h6,8-14,18-19,22H,5,16-17,20-21H2,1-4H3/b8-6+,13-10+. The van der Waals surface area contributed by atoms with Gasteiger partial charge >= 0.3 is 0 Å². The van der Waals surface area contributed by atoms with Gasteiger partial charge in [0, 0.05) is 18.5 Å². The molecule has 3 heteroatoms. The summed E-state index contributed by atoms with van der Waals surface area (Å²) >= 11 is 1.70. The van der Waals surface area contributed by atoms with Gasteiger partial charge in [-0.2, -0.15) is 11.3 Å². The second-order valence-electron chi connectivity index (χ2n) is 8.04. The van der Waals surface area contributed by atoms with Gasteiger partial charge in [0.15, 0.2) is 0 Å². The van der Waals surface area contributed by atoms with Crippen LogP contribution in [0.5, 0.6) is 0 Å². The Hall–Kier alpha value is -2.12. The number of hydrogen-bond acceptors (Lipinski definition) is 3. The highest BCUT2D eigenvalue weighted by Gasteiger charge is 2.03. The van der Waals surface area contributed by atoms with Crippen LogP contribution in [0, 0.1) is 17.3 Å². The molecule has 154 valence electrons.